The summed E-state index contributed by atoms with van der Waals surface area (Å²) in [4.78, 5) is 0. The molecule has 0 radical (unpaired) electrons. The summed E-state index contributed by atoms with van der Waals surface area (Å²) in [5.41, 5.74) is 43.7. The van der Waals surface area contributed by atoms with Gasteiger partial charge in [-0.1, -0.05) is 322 Å². The van der Waals surface area contributed by atoms with Crippen molar-refractivity contribution in [3.63, 3.8) is 0 Å². The van der Waals surface area contributed by atoms with Gasteiger partial charge in [-0.2, -0.15) is 0 Å². The summed E-state index contributed by atoms with van der Waals surface area (Å²) >= 11 is 0. The van der Waals surface area contributed by atoms with Gasteiger partial charge in [-0.25, -0.2) is 0 Å². The van der Waals surface area contributed by atoms with Gasteiger partial charge in [-0.15, -0.1) is 103 Å². The van der Waals surface area contributed by atoms with E-state index in [2.05, 4.69) is 314 Å². The van der Waals surface area contributed by atoms with Crippen LogP contribution in [-0.2, 0) is 159 Å². The number of aryl methyl sites for hydroxylation is 18. The van der Waals surface area contributed by atoms with Crippen LogP contribution in [0.5, 0.6) is 0 Å². The fourth-order valence-electron chi connectivity index (χ4n) is 18.3. The van der Waals surface area contributed by atoms with Crippen LogP contribution in [0.3, 0.4) is 0 Å². The average Bonchev–Trinajstić information content (AvgIpc) is 1.04. The van der Waals surface area contributed by atoms with Crippen LogP contribution >= 0.6 is 0 Å². The van der Waals surface area contributed by atoms with E-state index in [1.54, 1.807) is 0 Å². The van der Waals surface area contributed by atoms with E-state index in [1.165, 1.54) is 143 Å². The zero-order valence-electron chi connectivity index (χ0n) is 86.5. The number of benzene rings is 10. The fourth-order valence-corrected chi connectivity index (χ4v) is 18.3. The summed E-state index contributed by atoms with van der Waals surface area (Å²) in [6.45, 7) is 74.2. The first kappa shape index (κ1) is 115. The van der Waals surface area contributed by atoms with E-state index in [9.17, 15) is 0 Å². The van der Waals surface area contributed by atoms with E-state index < -0.39 is 0 Å². The molecule has 3 aliphatic rings. The third-order valence-corrected chi connectivity index (χ3v) is 24.3. The maximum absolute atomic E-state index is 5.71. The second-order valence-corrected chi connectivity index (χ2v) is 39.6. The monoisotopic (exact) mass is 1970 g/mol. The zero-order valence-corrected chi connectivity index (χ0v) is 95.3. The summed E-state index contributed by atoms with van der Waals surface area (Å²) in [5.74, 6) is 0. The normalized spacial score (nSPS) is 14.2. The van der Waals surface area contributed by atoms with Crippen LogP contribution in [0.4, 0.5) is 34.1 Å². The molecule has 3 fully saturated rings. The fraction of sp³-hybridized carbons (Fsp3) is 0.483. The van der Waals surface area contributed by atoms with Gasteiger partial charge in [0.05, 0.1) is 79.3 Å². The van der Waals surface area contributed by atoms with Gasteiger partial charge in [0.1, 0.15) is 0 Å². The van der Waals surface area contributed by atoms with Crippen molar-refractivity contribution in [2.24, 2.45) is 0 Å². The second kappa shape index (κ2) is 54.9. The number of nitrogens with zero attached hydrogens (tertiary/aromatic N) is 6. The quantitative estimate of drug-likeness (QED) is 0.0508. The number of hydrogen-bond donors (Lipinski definition) is 0. The maximum Gasteiger partial charge on any atom is 3.00 e. The van der Waals surface area contributed by atoms with Gasteiger partial charge in [0, 0.05) is 26.4 Å². The van der Waals surface area contributed by atoms with Gasteiger partial charge in [0.2, 0.25) is 0 Å². The predicted molar refractivity (Wildman–Crippen MR) is 547 cm³/mol. The van der Waals surface area contributed by atoms with Crippen LogP contribution in [0.25, 0.3) is 65.3 Å². The van der Waals surface area contributed by atoms with Gasteiger partial charge >= 0.3 is 117 Å². The first-order chi connectivity index (χ1) is 61.8. The van der Waals surface area contributed by atoms with E-state index in [0.29, 0.717) is 119 Å². The molecule has 14 nitrogen and oxygen atoms in total. The van der Waals surface area contributed by atoms with Crippen molar-refractivity contribution in [1.82, 2.24) is 0 Å². The molecule has 0 aromatic heterocycles. The molecule has 0 spiro atoms. The molecule has 10 aromatic rings. The zero-order chi connectivity index (χ0) is 94.2. The molecule has 3 heterocycles. The van der Waals surface area contributed by atoms with Gasteiger partial charge in [0.15, 0.2) is 0 Å². The third kappa shape index (κ3) is 34.5. The van der Waals surface area contributed by atoms with Gasteiger partial charge in [0.25, 0.3) is 0 Å². The molecule has 10 aromatic carbocycles. The molecule has 0 aliphatic carbocycles. The molecule has 0 atom stereocenters. The first-order valence-corrected chi connectivity index (χ1v) is 47.5. The first-order valence-electron chi connectivity index (χ1n) is 47.5. The molecular formula is C116H153KN6O8Y2. The number of rotatable bonds is 21. The van der Waals surface area contributed by atoms with Crippen molar-refractivity contribution in [3.05, 3.63) is 310 Å². The molecule has 13 rings (SSSR count). The predicted octanol–water partition coefficient (Wildman–Crippen LogP) is 27.9. The Balaban J connectivity index is 0.000000663. The Hall–Kier alpha value is -5.48. The Morgan fingerprint density at radius 2 is 0.368 bits per heavy atom. The van der Waals surface area contributed by atoms with E-state index in [-0.39, 0.29) is 133 Å². The molecular weight excluding hydrogens is 1820 g/mol. The molecule has 3 saturated heterocycles. The number of hydrogen-bond acceptors (Lipinski definition) is 8. The molecule has 3 aliphatic heterocycles. The van der Waals surface area contributed by atoms with Crippen LogP contribution in [0, 0.1) is 131 Å². The largest absolute Gasteiger partial charge is 3.00 e. The van der Waals surface area contributed by atoms with Crippen LogP contribution in [0.15, 0.2) is 121 Å². The summed E-state index contributed by atoms with van der Waals surface area (Å²) < 4.78 is 41.9. The Labute approximate surface area is 895 Å². The van der Waals surface area contributed by atoms with E-state index >= 15 is 0 Å². The summed E-state index contributed by atoms with van der Waals surface area (Å²) in [5, 5.41) is 34.2. The van der Waals surface area contributed by atoms with E-state index in [4.69, 9.17) is 69.8 Å². The van der Waals surface area contributed by atoms with Crippen molar-refractivity contribution >= 4 is 34.1 Å². The van der Waals surface area contributed by atoms with Crippen molar-refractivity contribution in [2.75, 3.05) is 106 Å². The Kier molecular flexibility index (Phi) is 47.3. The minimum Gasteiger partial charge on any atom is -0.681 e. The summed E-state index contributed by atoms with van der Waals surface area (Å²) in [6.07, 6.45) is 5.11. The Morgan fingerprint density at radius 1 is 0.218 bits per heavy atom. The smallest absolute Gasteiger partial charge is 0.681 e. The summed E-state index contributed by atoms with van der Waals surface area (Å²) in [6, 6.07) is 51.2. The van der Waals surface area contributed by atoms with Gasteiger partial charge in [-0.05, 0) is 189 Å². The SMILES string of the molecule is C1CCOC1.C1CCOC1.C1COCCOCCOCCOCCOCCO1.Cc1cc(C)c([N-]Cc2cc(C(C)(C)C)cc(C[N-]c3c(C)cc(C)cc3C)c2-c2[c-]c(-c3c(C[N-]c4c(C)cc(C)cc4C)cc(C(C)(C)C)cc3C[N-]c3c(C)cc(C)cc3C)cc(-c3c(C[N-]c4c(C)cc(C)cc4C)cc(C(C)(C)C)cc3C[N-]c3c(C)cc(C)cc3C)c2)c(C)c1.[K+].[Y+3].[Y+3]. The van der Waals surface area contributed by atoms with Gasteiger partial charge < -0.3 is 69.8 Å². The van der Waals surface area contributed by atoms with Crippen LogP contribution in [-0.4, -0.2) is 106 Å². The van der Waals surface area contributed by atoms with Crippen molar-refractivity contribution in [3.8, 4) is 33.4 Å². The van der Waals surface area contributed by atoms with Gasteiger partial charge in [-0.3, -0.25) is 0 Å². The van der Waals surface area contributed by atoms with Crippen LogP contribution in [0.2, 0.25) is 0 Å². The standard InChI is InChI=1S/C96H113N6.C12H24O6.2C4H8O.K.2Y/c1-55-28-61(7)88(62(8)29-55)97-49-76-43-82(94(19,20)21)44-77(50-98-89-63(9)30-56(2)31-64(89)10)85(76)73-40-74(86-78(51-99-90-65(11)32-57(3)33-66(90)12)45-83(95(22,23)24)46-79(86)52-100-91-67(13)34-58(4)35-68(91)14)42-75(41-73)87-80(53-101-92-69(15)36-59(5)37-70(92)16)47-84(96(25,26)27)48-81(87)54-102-93-71(17)38-60(6)39-72(93)18;1-2-14-5-6-16-9-10-18-12-11-17-8-7-15-4-3-13-1;2*1-2-4-5-3-1;;;/h28-41,43-48H,49-54H2,1-27H3;1-12H2;2*1-4H2;;;/q-7;;;;+1;2*+3. The Morgan fingerprint density at radius 3 is 0.511 bits per heavy atom. The Bertz CT molecular complexity index is 4460. The van der Waals surface area contributed by atoms with Crippen LogP contribution < -0.4 is 51.4 Å². The molecule has 0 unspecified atom stereocenters. The average molecular weight is 1980 g/mol. The molecule has 17 heteroatoms. The van der Waals surface area contributed by atoms with Crippen LogP contribution in [0.1, 0.15) is 238 Å². The molecule has 702 valence electrons. The van der Waals surface area contributed by atoms with Crippen molar-refractivity contribution in [1.29, 1.82) is 0 Å². The topological polar surface area (TPSA) is 158 Å². The van der Waals surface area contributed by atoms with E-state index in [0.717, 1.165) is 127 Å². The summed E-state index contributed by atoms with van der Waals surface area (Å²) in [7, 11) is 0. The van der Waals surface area contributed by atoms with Crippen molar-refractivity contribution in [2.45, 2.75) is 268 Å². The van der Waals surface area contributed by atoms with E-state index in [1.807, 2.05) is 0 Å². The second-order valence-electron chi connectivity index (χ2n) is 39.6. The molecule has 133 heavy (non-hydrogen) atoms. The van der Waals surface area contributed by atoms with Crippen molar-refractivity contribution < 1.29 is 155 Å². The minimum atomic E-state index is -0.216. The molecule has 0 bridgehead atoms. The number of ether oxygens (including phenoxy) is 8. The molecule has 0 saturated carbocycles. The third-order valence-electron chi connectivity index (χ3n) is 24.3. The maximum atomic E-state index is 5.71. The molecule has 0 amide bonds. The minimum absolute atomic E-state index is 0. The molecule has 0 N–H and O–H groups in total.